The summed E-state index contributed by atoms with van der Waals surface area (Å²) < 4.78 is 1.72. The van der Waals surface area contributed by atoms with Crippen molar-refractivity contribution in [2.24, 2.45) is 13.0 Å². The molecule has 6 heteroatoms. The van der Waals surface area contributed by atoms with Crippen molar-refractivity contribution in [1.82, 2.24) is 14.7 Å². The first kappa shape index (κ1) is 16.8. The third-order valence-corrected chi connectivity index (χ3v) is 5.42. The molecule has 1 aliphatic carbocycles. The average Bonchev–Trinajstić information content (AvgIpc) is 3.33. The Balaban J connectivity index is 1.44. The van der Waals surface area contributed by atoms with E-state index in [0.29, 0.717) is 13.1 Å². The molecule has 6 nitrogen and oxygen atoms in total. The maximum absolute atomic E-state index is 12.8. The lowest BCUT2D eigenvalue weighted by Gasteiger charge is -2.21. The van der Waals surface area contributed by atoms with Crippen LogP contribution in [0.5, 0.6) is 0 Å². The molecule has 2 amide bonds. The van der Waals surface area contributed by atoms with E-state index in [9.17, 15) is 9.59 Å². The molecule has 1 aromatic carbocycles. The highest BCUT2D eigenvalue weighted by atomic mass is 16.2. The van der Waals surface area contributed by atoms with Gasteiger partial charge in [0.15, 0.2) is 0 Å². The Labute approximate surface area is 153 Å². The smallest absolute Gasteiger partial charge is 0.228 e. The summed E-state index contributed by atoms with van der Waals surface area (Å²) in [6.45, 7) is 0.976. The zero-order chi connectivity index (χ0) is 18.3. The van der Waals surface area contributed by atoms with Gasteiger partial charge < -0.3 is 9.80 Å². The summed E-state index contributed by atoms with van der Waals surface area (Å²) in [7, 11) is 3.65. The van der Waals surface area contributed by atoms with Crippen LogP contribution in [0.4, 0.5) is 5.69 Å². The molecule has 0 N–H and O–H groups in total. The quantitative estimate of drug-likeness (QED) is 0.845. The topological polar surface area (TPSA) is 58.4 Å². The molecule has 1 aromatic heterocycles. The van der Waals surface area contributed by atoms with Gasteiger partial charge in [-0.2, -0.15) is 5.10 Å². The lowest BCUT2D eigenvalue weighted by atomic mass is 10.1. The van der Waals surface area contributed by atoms with E-state index < -0.39 is 0 Å². The molecule has 0 radical (unpaired) electrons. The Kier molecular flexibility index (Phi) is 4.26. The van der Waals surface area contributed by atoms with E-state index in [0.717, 1.165) is 24.1 Å². The second kappa shape index (κ2) is 6.59. The van der Waals surface area contributed by atoms with Crippen molar-refractivity contribution in [1.29, 1.82) is 0 Å². The molecule has 0 unspecified atom stereocenters. The van der Waals surface area contributed by atoms with Crippen molar-refractivity contribution in [2.45, 2.75) is 32.2 Å². The molecule has 0 spiro atoms. The van der Waals surface area contributed by atoms with Crippen LogP contribution in [0.2, 0.25) is 0 Å². The molecule has 136 valence electrons. The summed E-state index contributed by atoms with van der Waals surface area (Å²) in [6.07, 6.45) is 7.35. The summed E-state index contributed by atoms with van der Waals surface area (Å²) in [6, 6.07) is 6.29. The molecule has 1 aliphatic heterocycles. The van der Waals surface area contributed by atoms with Gasteiger partial charge in [-0.05, 0) is 42.5 Å². The van der Waals surface area contributed by atoms with Gasteiger partial charge in [0.25, 0.3) is 0 Å². The molecule has 1 saturated heterocycles. The monoisotopic (exact) mass is 352 g/mol. The number of amides is 2. The maximum atomic E-state index is 12.8. The molecule has 0 saturated carbocycles. The minimum atomic E-state index is -0.280. The van der Waals surface area contributed by atoms with E-state index >= 15 is 0 Å². The van der Waals surface area contributed by atoms with Crippen molar-refractivity contribution in [2.75, 3.05) is 18.5 Å². The number of rotatable bonds is 4. The van der Waals surface area contributed by atoms with E-state index in [1.54, 1.807) is 27.7 Å². The van der Waals surface area contributed by atoms with Crippen LogP contribution in [0.3, 0.4) is 0 Å². The number of hydrogen-bond acceptors (Lipinski definition) is 3. The van der Waals surface area contributed by atoms with Crippen LogP contribution in [0.1, 0.15) is 29.5 Å². The zero-order valence-electron chi connectivity index (χ0n) is 15.3. The molecule has 2 aromatic rings. The number of aromatic nitrogens is 2. The molecular formula is C20H24N4O2. The third kappa shape index (κ3) is 3.11. The van der Waals surface area contributed by atoms with Crippen molar-refractivity contribution in [3.63, 3.8) is 0 Å². The first-order chi connectivity index (χ1) is 12.5. The second-order valence-corrected chi connectivity index (χ2v) is 7.43. The number of benzene rings is 1. The SMILES string of the molecule is CN(Cc1cnn(C)c1)C(=O)[C@@H]1CC(=O)N(c2ccc3c(c2)CCC3)C1. The Bertz CT molecular complexity index is 857. The van der Waals surface area contributed by atoms with Gasteiger partial charge in [-0.1, -0.05) is 6.07 Å². The molecule has 4 rings (SSSR count). The Morgan fingerprint density at radius 2 is 2.12 bits per heavy atom. The molecule has 2 aliphatic rings. The van der Waals surface area contributed by atoms with Gasteiger partial charge in [0, 0.05) is 51.1 Å². The normalized spacial score (nSPS) is 19.1. The predicted molar refractivity (Wildman–Crippen MR) is 98.6 cm³/mol. The van der Waals surface area contributed by atoms with Crippen LogP contribution in [-0.2, 0) is 36.0 Å². The third-order valence-electron chi connectivity index (χ3n) is 5.42. The Morgan fingerprint density at radius 1 is 1.31 bits per heavy atom. The van der Waals surface area contributed by atoms with E-state index in [4.69, 9.17) is 0 Å². The first-order valence-electron chi connectivity index (χ1n) is 9.16. The number of carbonyl (C=O) groups is 2. The molecule has 0 bridgehead atoms. The number of anilines is 1. The predicted octanol–water partition coefficient (Wildman–Crippen LogP) is 1.92. The van der Waals surface area contributed by atoms with Gasteiger partial charge >= 0.3 is 0 Å². The molecule has 2 heterocycles. The largest absolute Gasteiger partial charge is 0.341 e. The molecular weight excluding hydrogens is 328 g/mol. The van der Waals surface area contributed by atoms with E-state index in [1.165, 1.54) is 17.5 Å². The van der Waals surface area contributed by atoms with Crippen LogP contribution in [0.25, 0.3) is 0 Å². The summed E-state index contributed by atoms with van der Waals surface area (Å²) in [5.41, 5.74) is 4.66. The van der Waals surface area contributed by atoms with Crippen molar-refractivity contribution in [3.8, 4) is 0 Å². The fourth-order valence-electron chi connectivity index (χ4n) is 4.07. The Morgan fingerprint density at radius 3 is 2.88 bits per heavy atom. The van der Waals surface area contributed by atoms with Crippen LogP contribution in [0, 0.1) is 5.92 Å². The molecule has 26 heavy (non-hydrogen) atoms. The summed E-state index contributed by atoms with van der Waals surface area (Å²) in [4.78, 5) is 28.8. The maximum Gasteiger partial charge on any atom is 0.228 e. The fourth-order valence-corrected chi connectivity index (χ4v) is 4.07. The van der Waals surface area contributed by atoms with Gasteiger partial charge in [-0.15, -0.1) is 0 Å². The highest BCUT2D eigenvalue weighted by molar-refractivity contribution is 6.00. The van der Waals surface area contributed by atoms with Gasteiger partial charge in [-0.25, -0.2) is 0 Å². The summed E-state index contributed by atoms with van der Waals surface area (Å²) in [5.74, 6) is -0.223. The van der Waals surface area contributed by atoms with Gasteiger partial charge in [0.05, 0.1) is 12.1 Å². The number of carbonyl (C=O) groups excluding carboxylic acids is 2. The van der Waals surface area contributed by atoms with Gasteiger partial charge in [-0.3, -0.25) is 14.3 Å². The number of nitrogens with zero attached hydrogens (tertiary/aromatic N) is 4. The highest BCUT2D eigenvalue weighted by Crippen LogP contribution is 2.31. The number of fused-ring (bicyclic) bond motifs is 1. The van der Waals surface area contributed by atoms with Gasteiger partial charge in [0.2, 0.25) is 11.8 Å². The molecule has 1 atom stereocenters. The van der Waals surface area contributed by atoms with Crippen LogP contribution < -0.4 is 4.90 Å². The molecule has 1 fully saturated rings. The highest BCUT2D eigenvalue weighted by Gasteiger charge is 2.36. The minimum Gasteiger partial charge on any atom is -0.341 e. The van der Waals surface area contributed by atoms with Gasteiger partial charge in [0.1, 0.15) is 0 Å². The van der Waals surface area contributed by atoms with Crippen molar-refractivity contribution < 1.29 is 9.59 Å². The summed E-state index contributed by atoms with van der Waals surface area (Å²) in [5, 5.41) is 4.14. The minimum absolute atomic E-state index is 0.0193. The fraction of sp³-hybridized carbons (Fsp3) is 0.450. The van der Waals surface area contributed by atoms with E-state index in [1.807, 2.05) is 19.3 Å². The van der Waals surface area contributed by atoms with Crippen molar-refractivity contribution in [3.05, 3.63) is 47.3 Å². The lowest BCUT2D eigenvalue weighted by molar-refractivity contribution is -0.135. The van der Waals surface area contributed by atoms with E-state index in [2.05, 4.69) is 17.2 Å². The second-order valence-electron chi connectivity index (χ2n) is 7.43. The Hall–Kier alpha value is -2.63. The van der Waals surface area contributed by atoms with Crippen LogP contribution in [-0.4, -0.2) is 40.1 Å². The lowest BCUT2D eigenvalue weighted by Crippen LogP contribution is -2.34. The van der Waals surface area contributed by atoms with Crippen LogP contribution >= 0.6 is 0 Å². The van der Waals surface area contributed by atoms with Crippen LogP contribution in [0.15, 0.2) is 30.6 Å². The number of aryl methyl sites for hydroxylation is 3. The van der Waals surface area contributed by atoms with Crippen molar-refractivity contribution >= 4 is 17.5 Å². The van der Waals surface area contributed by atoms with E-state index in [-0.39, 0.29) is 24.2 Å². The first-order valence-corrected chi connectivity index (χ1v) is 9.16. The summed E-state index contributed by atoms with van der Waals surface area (Å²) >= 11 is 0. The number of hydrogen-bond donors (Lipinski definition) is 0. The average molecular weight is 352 g/mol. The zero-order valence-corrected chi connectivity index (χ0v) is 15.3. The standard InChI is InChI=1S/C20H24N4O2/c1-22(11-14-10-21-23(2)12-14)20(26)17-9-19(25)24(13-17)18-7-6-15-4-3-5-16(15)8-18/h6-8,10,12,17H,3-5,9,11,13H2,1-2H3/t17-/m1/s1.